The van der Waals surface area contributed by atoms with Crippen molar-refractivity contribution in [1.82, 2.24) is 4.98 Å². The predicted molar refractivity (Wildman–Crippen MR) is 78.0 cm³/mol. The van der Waals surface area contributed by atoms with Crippen molar-refractivity contribution in [2.45, 2.75) is 24.9 Å². The molecule has 0 spiro atoms. The summed E-state index contributed by atoms with van der Waals surface area (Å²) < 4.78 is 24.4. The van der Waals surface area contributed by atoms with E-state index in [-0.39, 0.29) is 17.4 Å². The van der Waals surface area contributed by atoms with Gasteiger partial charge in [-0.2, -0.15) is 0 Å². The van der Waals surface area contributed by atoms with Gasteiger partial charge in [-0.3, -0.25) is 4.98 Å². The molecule has 1 aromatic carbocycles. The van der Waals surface area contributed by atoms with E-state index in [1.807, 2.05) is 0 Å². The standard InChI is InChI=1S/C17H16FNO3/c18-14-1-2-15-11(8-14)7-12(9-19-15)16(20)22-17(4-5-17)13-3-6-21-10-13/h1-2,7-9,13H,3-6,10H2/t13-/m1/s1. The van der Waals surface area contributed by atoms with Gasteiger partial charge < -0.3 is 9.47 Å². The number of hydrogen-bond donors (Lipinski definition) is 0. The molecule has 1 atom stereocenters. The second-order valence-corrected chi connectivity index (χ2v) is 6.08. The molecule has 114 valence electrons. The highest BCUT2D eigenvalue weighted by atomic mass is 19.1. The van der Waals surface area contributed by atoms with E-state index in [2.05, 4.69) is 4.98 Å². The van der Waals surface area contributed by atoms with E-state index < -0.39 is 0 Å². The van der Waals surface area contributed by atoms with E-state index >= 15 is 0 Å². The fraction of sp³-hybridized carbons (Fsp3) is 0.412. The number of esters is 1. The molecule has 2 aliphatic rings. The van der Waals surface area contributed by atoms with Crippen LogP contribution >= 0.6 is 0 Å². The third-order valence-electron chi connectivity index (χ3n) is 4.59. The fourth-order valence-electron chi connectivity index (χ4n) is 3.12. The molecule has 0 radical (unpaired) electrons. The lowest BCUT2D eigenvalue weighted by Crippen LogP contribution is -2.29. The van der Waals surface area contributed by atoms with Crippen molar-refractivity contribution in [3.8, 4) is 0 Å². The van der Waals surface area contributed by atoms with E-state index in [1.54, 1.807) is 12.1 Å². The Bertz CT molecular complexity index is 736. The number of carbonyl (C=O) groups is 1. The van der Waals surface area contributed by atoms with Gasteiger partial charge in [-0.15, -0.1) is 0 Å². The van der Waals surface area contributed by atoms with Crippen LogP contribution < -0.4 is 0 Å². The Morgan fingerprint density at radius 3 is 2.95 bits per heavy atom. The van der Waals surface area contributed by atoms with Crippen molar-refractivity contribution >= 4 is 16.9 Å². The van der Waals surface area contributed by atoms with Gasteiger partial charge in [-0.1, -0.05) is 0 Å². The summed E-state index contributed by atoms with van der Waals surface area (Å²) in [5.41, 5.74) is 0.663. The minimum Gasteiger partial charge on any atom is -0.455 e. The topological polar surface area (TPSA) is 48.4 Å². The summed E-state index contributed by atoms with van der Waals surface area (Å²) in [7, 11) is 0. The van der Waals surface area contributed by atoms with Crippen LogP contribution in [-0.2, 0) is 9.47 Å². The number of pyridine rings is 1. The quantitative estimate of drug-likeness (QED) is 0.817. The van der Waals surface area contributed by atoms with Gasteiger partial charge in [0.15, 0.2) is 0 Å². The number of fused-ring (bicyclic) bond motifs is 1. The average molecular weight is 301 g/mol. The molecule has 2 heterocycles. The molecule has 0 amide bonds. The van der Waals surface area contributed by atoms with Crippen LogP contribution in [0.4, 0.5) is 4.39 Å². The summed E-state index contributed by atoms with van der Waals surface area (Å²) >= 11 is 0. The minimum absolute atomic E-state index is 0.294. The molecule has 1 aromatic heterocycles. The van der Waals surface area contributed by atoms with Crippen LogP contribution in [-0.4, -0.2) is 29.8 Å². The molecule has 0 N–H and O–H groups in total. The highest BCUT2D eigenvalue weighted by molar-refractivity contribution is 5.94. The lowest BCUT2D eigenvalue weighted by atomic mass is 9.99. The van der Waals surface area contributed by atoms with E-state index in [0.717, 1.165) is 25.9 Å². The van der Waals surface area contributed by atoms with Gasteiger partial charge in [0.2, 0.25) is 0 Å². The first-order valence-electron chi connectivity index (χ1n) is 7.53. The molecule has 0 unspecified atom stereocenters. The summed E-state index contributed by atoms with van der Waals surface area (Å²) in [6.07, 6.45) is 4.21. The third-order valence-corrected chi connectivity index (χ3v) is 4.59. The van der Waals surface area contributed by atoms with Gasteiger partial charge in [0.05, 0.1) is 17.7 Å². The van der Waals surface area contributed by atoms with Crippen LogP contribution in [0.5, 0.6) is 0 Å². The van der Waals surface area contributed by atoms with Crippen LogP contribution in [0.15, 0.2) is 30.5 Å². The minimum atomic E-state index is -0.386. The first-order valence-corrected chi connectivity index (χ1v) is 7.53. The lowest BCUT2D eigenvalue weighted by Gasteiger charge is -2.22. The van der Waals surface area contributed by atoms with Gasteiger partial charge in [-0.05, 0) is 43.5 Å². The van der Waals surface area contributed by atoms with Crippen molar-refractivity contribution < 1.29 is 18.7 Å². The second-order valence-electron chi connectivity index (χ2n) is 6.08. The van der Waals surface area contributed by atoms with Gasteiger partial charge >= 0.3 is 5.97 Å². The molecular formula is C17H16FNO3. The SMILES string of the molecule is O=C(OC1([C@@H]2CCOC2)CC1)c1cnc2ccc(F)cc2c1. The molecule has 1 aliphatic heterocycles. The van der Waals surface area contributed by atoms with Gasteiger partial charge in [0.25, 0.3) is 0 Å². The fourth-order valence-corrected chi connectivity index (χ4v) is 3.12. The van der Waals surface area contributed by atoms with Crippen LogP contribution in [0.2, 0.25) is 0 Å². The molecule has 1 saturated heterocycles. The number of halogens is 1. The zero-order chi connectivity index (χ0) is 15.2. The predicted octanol–water partition coefficient (Wildman–Crippen LogP) is 3.10. The Labute approximate surface area is 127 Å². The first kappa shape index (κ1) is 13.6. The zero-order valence-electron chi connectivity index (χ0n) is 12.0. The van der Waals surface area contributed by atoms with Gasteiger partial charge in [0.1, 0.15) is 11.4 Å². The zero-order valence-corrected chi connectivity index (χ0v) is 12.0. The van der Waals surface area contributed by atoms with E-state index in [1.165, 1.54) is 18.3 Å². The second kappa shape index (κ2) is 5.02. The number of rotatable bonds is 3. The monoisotopic (exact) mass is 301 g/mol. The maximum atomic E-state index is 13.3. The first-order chi connectivity index (χ1) is 10.7. The van der Waals surface area contributed by atoms with Crippen molar-refractivity contribution in [2.24, 2.45) is 5.92 Å². The Balaban J connectivity index is 1.57. The van der Waals surface area contributed by atoms with E-state index in [0.29, 0.717) is 29.0 Å². The number of hydrogen-bond acceptors (Lipinski definition) is 4. The average Bonchev–Trinajstić information content (AvgIpc) is 3.08. The van der Waals surface area contributed by atoms with E-state index in [4.69, 9.17) is 9.47 Å². The molecular weight excluding hydrogens is 285 g/mol. The van der Waals surface area contributed by atoms with Gasteiger partial charge in [0, 0.05) is 24.1 Å². The normalized spacial score (nSPS) is 22.7. The van der Waals surface area contributed by atoms with Gasteiger partial charge in [-0.25, -0.2) is 9.18 Å². The molecule has 4 rings (SSSR count). The number of ether oxygens (including phenoxy) is 2. The summed E-state index contributed by atoms with van der Waals surface area (Å²) in [6.45, 7) is 1.40. The highest BCUT2D eigenvalue weighted by Gasteiger charge is 2.54. The smallest absolute Gasteiger partial charge is 0.340 e. The van der Waals surface area contributed by atoms with Crippen molar-refractivity contribution in [3.63, 3.8) is 0 Å². The Hall–Kier alpha value is -2.01. The molecule has 2 fully saturated rings. The van der Waals surface area contributed by atoms with Crippen molar-refractivity contribution in [3.05, 3.63) is 41.8 Å². The summed E-state index contributed by atoms with van der Waals surface area (Å²) in [4.78, 5) is 16.6. The summed E-state index contributed by atoms with van der Waals surface area (Å²) in [5, 5.41) is 0.600. The van der Waals surface area contributed by atoms with Crippen LogP contribution in [0, 0.1) is 11.7 Å². The van der Waals surface area contributed by atoms with Crippen LogP contribution in [0.25, 0.3) is 10.9 Å². The molecule has 4 nitrogen and oxygen atoms in total. The maximum Gasteiger partial charge on any atom is 0.340 e. The molecule has 1 aliphatic carbocycles. The lowest BCUT2D eigenvalue weighted by molar-refractivity contribution is 0.000813. The molecule has 5 heteroatoms. The van der Waals surface area contributed by atoms with Crippen LogP contribution in [0.3, 0.4) is 0 Å². The molecule has 22 heavy (non-hydrogen) atoms. The number of carbonyl (C=O) groups excluding carboxylic acids is 1. The van der Waals surface area contributed by atoms with E-state index in [9.17, 15) is 9.18 Å². The Morgan fingerprint density at radius 2 is 2.23 bits per heavy atom. The highest BCUT2D eigenvalue weighted by Crippen LogP contribution is 2.49. The number of nitrogens with zero attached hydrogens (tertiary/aromatic N) is 1. The molecule has 1 saturated carbocycles. The summed E-state index contributed by atoms with van der Waals surface area (Å²) in [5.74, 6) is -0.438. The Kier molecular flexibility index (Phi) is 3.11. The van der Waals surface area contributed by atoms with Crippen molar-refractivity contribution in [1.29, 1.82) is 0 Å². The number of benzene rings is 1. The molecule has 0 bridgehead atoms. The third kappa shape index (κ3) is 2.35. The van der Waals surface area contributed by atoms with Crippen molar-refractivity contribution in [2.75, 3.05) is 13.2 Å². The number of aromatic nitrogens is 1. The largest absolute Gasteiger partial charge is 0.455 e. The van der Waals surface area contributed by atoms with Crippen LogP contribution in [0.1, 0.15) is 29.6 Å². The maximum absolute atomic E-state index is 13.3. The molecule has 2 aromatic rings. The summed E-state index contributed by atoms with van der Waals surface area (Å²) in [6, 6.07) is 5.95. The Morgan fingerprint density at radius 1 is 1.36 bits per heavy atom.